The maximum absolute atomic E-state index is 11.4. The van der Waals surface area contributed by atoms with Gasteiger partial charge in [0.15, 0.2) is 0 Å². The summed E-state index contributed by atoms with van der Waals surface area (Å²) in [6.07, 6.45) is 2.38. The summed E-state index contributed by atoms with van der Waals surface area (Å²) in [7, 11) is 0. The average Bonchev–Trinajstić information content (AvgIpc) is 2.73. The number of nitrogens with two attached hydrogens (primary N) is 1. The van der Waals surface area contributed by atoms with Crippen LogP contribution < -0.4 is 5.73 Å². The summed E-state index contributed by atoms with van der Waals surface area (Å²) in [6, 6.07) is 7.34. The maximum atomic E-state index is 11.4. The minimum Gasteiger partial charge on any atom is -0.465 e. The molecule has 3 N–H and O–H groups in total. The van der Waals surface area contributed by atoms with Crippen LogP contribution in [0.15, 0.2) is 30.5 Å². The molecule has 0 radical (unpaired) electrons. The van der Waals surface area contributed by atoms with Gasteiger partial charge in [0.25, 0.3) is 0 Å². The van der Waals surface area contributed by atoms with Gasteiger partial charge in [-0.05, 0) is 18.6 Å². The van der Waals surface area contributed by atoms with Crippen LogP contribution in [0.25, 0.3) is 10.9 Å². The van der Waals surface area contributed by atoms with Gasteiger partial charge in [-0.1, -0.05) is 18.2 Å². The van der Waals surface area contributed by atoms with E-state index in [1.54, 1.807) is 6.92 Å². The number of hydrogen-bond acceptors (Lipinski definition) is 3. The molecule has 0 spiro atoms. The number of halogens is 2. The summed E-state index contributed by atoms with van der Waals surface area (Å²) >= 11 is 0. The molecule has 1 aromatic heterocycles. The predicted molar refractivity (Wildman–Crippen MR) is 81.1 cm³/mol. The number of rotatable bonds is 4. The lowest BCUT2D eigenvalue weighted by atomic mass is 10.1. The zero-order chi connectivity index (χ0) is 12.3. The number of nitrogens with one attached hydrogen (secondary N) is 1. The van der Waals surface area contributed by atoms with E-state index in [4.69, 9.17) is 10.5 Å². The van der Waals surface area contributed by atoms with Gasteiger partial charge in [0.05, 0.1) is 6.61 Å². The molecule has 19 heavy (non-hydrogen) atoms. The lowest BCUT2D eigenvalue weighted by Gasteiger charge is -2.09. The van der Waals surface area contributed by atoms with Gasteiger partial charge in [0.2, 0.25) is 0 Å². The molecule has 1 unspecified atom stereocenters. The van der Waals surface area contributed by atoms with Crippen molar-refractivity contribution in [3.8, 4) is 0 Å². The topological polar surface area (TPSA) is 68.1 Å². The van der Waals surface area contributed by atoms with E-state index in [0.29, 0.717) is 13.0 Å². The van der Waals surface area contributed by atoms with Gasteiger partial charge < -0.3 is 15.5 Å². The van der Waals surface area contributed by atoms with E-state index in [2.05, 4.69) is 4.98 Å². The SMILES string of the molecule is CCOC(=O)C(N)Cc1c[nH]c2ccccc12.Cl.Cl. The Hall–Kier alpha value is -1.23. The molecule has 1 heterocycles. The molecule has 6 heteroatoms. The molecule has 106 valence electrons. The second kappa shape index (κ2) is 8.04. The Morgan fingerprint density at radius 3 is 2.74 bits per heavy atom. The fourth-order valence-electron chi connectivity index (χ4n) is 1.87. The maximum Gasteiger partial charge on any atom is 0.323 e. The van der Waals surface area contributed by atoms with Gasteiger partial charge in [-0.3, -0.25) is 4.79 Å². The molecular formula is C13H18Cl2N2O2. The Morgan fingerprint density at radius 1 is 1.37 bits per heavy atom. The number of esters is 1. The number of aromatic nitrogens is 1. The first-order valence-corrected chi connectivity index (χ1v) is 5.69. The molecule has 0 aliphatic rings. The number of carbonyl (C=O) groups is 1. The number of ether oxygens (including phenoxy) is 1. The van der Waals surface area contributed by atoms with Crippen molar-refractivity contribution in [2.45, 2.75) is 19.4 Å². The Kier molecular flexibility index (Phi) is 7.52. The van der Waals surface area contributed by atoms with Crippen molar-refractivity contribution < 1.29 is 9.53 Å². The molecule has 2 rings (SSSR count). The molecule has 0 bridgehead atoms. The smallest absolute Gasteiger partial charge is 0.323 e. The van der Waals surface area contributed by atoms with Gasteiger partial charge in [-0.25, -0.2) is 0 Å². The van der Waals surface area contributed by atoms with E-state index in [0.717, 1.165) is 16.5 Å². The van der Waals surface area contributed by atoms with Crippen molar-refractivity contribution in [2.24, 2.45) is 5.73 Å². The van der Waals surface area contributed by atoms with Crippen molar-refractivity contribution in [1.82, 2.24) is 4.98 Å². The van der Waals surface area contributed by atoms with Crippen LogP contribution in [-0.2, 0) is 16.0 Å². The summed E-state index contributed by atoms with van der Waals surface area (Å²) < 4.78 is 4.89. The zero-order valence-electron chi connectivity index (χ0n) is 10.6. The molecule has 0 aliphatic heterocycles. The number of aromatic amines is 1. The second-order valence-corrected chi connectivity index (χ2v) is 3.92. The molecule has 0 aliphatic carbocycles. The van der Waals surface area contributed by atoms with E-state index < -0.39 is 6.04 Å². The van der Waals surface area contributed by atoms with Crippen molar-refractivity contribution in [1.29, 1.82) is 0 Å². The highest BCUT2D eigenvalue weighted by Gasteiger charge is 2.16. The zero-order valence-corrected chi connectivity index (χ0v) is 12.2. The van der Waals surface area contributed by atoms with Crippen molar-refractivity contribution in [3.05, 3.63) is 36.0 Å². The standard InChI is InChI=1S/C13H16N2O2.2ClH/c1-2-17-13(16)11(14)7-9-8-15-12-6-4-3-5-10(9)12;;/h3-6,8,11,15H,2,7,14H2,1H3;2*1H. The summed E-state index contributed by atoms with van der Waals surface area (Å²) in [5, 5.41) is 1.10. The van der Waals surface area contributed by atoms with Gasteiger partial charge in [-0.2, -0.15) is 0 Å². The highest BCUT2D eigenvalue weighted by molar-refractivity contribution is 5.86. The third-order valence-corrected chi connectivity index (χ3v) is 2.70. The summed E-state index contributed by atoms with van der Waals surface area (Å²) in [5.41, 5.74) is 7.89. The molecule has 1 aromatic carbocycles. The molecule has 0 amide bonds. The molecule has 0 fully saturated rings. The third-order valence-electron chi connectivity index (χ3n) is 2.70. The minimum absolute atomic E-state index is 0. The Bertz CT molecular complexity index is 528. The summed E-state index contributed by atoms with van der Waals surface area (Å²) in [4.78, 5) is 14.6. The van der Waals surface area contributed by atoms with E-state index in [1.165, 1.54) is 0 Å². The van der Waals surface area contributed by atoms with Crippen LogP contribution in [0.3, 0.4) is 0 Å². The van der Waals surface area contributed by atoms with Crippen LogP contribution in [0.5, 0.6) is 0 Å². The van der Waals surface area contributed by atoms with Crippen molar-refractivity contribution in [3.63, 3.8) is 0 Å². The number of para-hydroxylation sites is 1. The first kappa shape index (κ1) is 17.8. The molecule has 1 atom stereocenters. The van der Waals surface area contributed by atoms with E-state index in [9.17, 15) is 4.79 Å². The average molecular weight is 305 g/mol. The molecule has 0 saturated carbocycles. The largest absolute Gasteiger partial charge is 0.465 e. The monoisotopic (exact) mass is 304 g/mol. The van der Waals surface area contributed by atoms with Gasteiger partial charge in [0.1, 0.15) is 6.04 Å². The second-order valence-electron chi connectivity index (χ2n) is 3.92. The molecular weight excluding hydrogens is 287 g/mol. The van der Waals surface area contributed by atoms with Crippen LogP contribution in [0.2, 0.25) is 0 Å². The highest BCUT2D eigenvalue weighted by atomic mass is 35.5. The Balaban J connectivity index is 0.00000162. The first-order valence-electron chi connectivity index (χ1n) is 5.69. The van der Waals surface area contributed by atoms with Crippen LogP contribution in [0, 0.1) is 0 Å². The quantitative estimate of drug-likeness (QED) is 0.853. The number of hydrogen-bond donors (Lipinski definition) is 2. The lowest BCUT2D eigenvalue weighted by molar-refractivity contribution is -0.144. The Labute approximate surface area is 124 Å². The van der Waals surface area contributed by atoms with Gasteiger partial charge >= 0.3 is 5.97 Å². The third kappa shape index (κ3) is 4.13. The number of benzene rings is 1. The van der Waals surface area contributed by atoms with Gasteiger partial charge in [-0.15, -0.1) is 24.8 Å². The number of H-pyrrole nitrogens is 1. The van der Waals surface area contributed by atoms with E-state index in [-0.39, 0.29) is 30.8 Å². The van der Waals surface area contributed by atoms with Crippen molar-refractivity contribution >= 4 is 41.7 Å². The van der Waals surface area contributed by atoms with Gasteiger partial charge in [0, 0.05) is 23.5 Å². The van der Waals surface area contributed by atoms with Crippen LogP contribution in [0.1, 0.15) is 12.5 Å². The molecule has 4 nitrogen and oxygen atoms in total. The minimum atomic E-state index is -0.603. The predicted octanol–water partition coefficient (Wildman–Crippen LogP) is 2.44. The highest BCUT2D eigenvalue weighted by Crippen LogP contribution is 2.18. The number of carbonyl (C=O) groups excluding carboxylic acids is 1. The van der Waals surface area contributed by atoms with Crippen LogP contribution >= 0.6 is 24.8 Å². The van der Waals surface area contributed by atoms with E-state index >= 15 is 0 Å². The fraction of sp³-hybridized carbons (Fsp3) is 0.308. The first-order chi connectivity index (χ1) is 8.22. The van der Waals surface area contributed by atoms with E-state index in [1.807, 2.05) is 30.5 Å². The van der Waals surface area contributed by atoms with Crippen LogP contribution in [0.4, 0.5) is 0 Å². The summed E-state index contributed by atoms with van der Waals surface area (Å²) in [5.74, 6) is -0.349. The normalized spacial score (nSPS) is 11.3. The van der Waals surface area contributed by atoms with Crippen molar-refractivity contribution in [2.75, 3.05) is 6.61 Å². The summed E-state index contributed by atoms with van der Waals surface area (Å²) in [6.45, 7) is 2.14. The Morgan fingerprint density at radius 2 is 2.05 bits per heavy atom. The fourth-order valence-corrected chi connectivity index (χ4v) is 1.87. The number of fused-ring (bicyclic) bond motifs is 1. The lowest BCUT2D eigenvalue weighted by Crippen LogP contribution is -2.34. The molecule has 0 saturated heterocycles. The molecule has 2 aromatic rings. The van der Waals surface area contributed by atoms with Crippen LogP contribution in [-0.4, -0.2) is 23.6 Å².